The number of rotatable bonds is 16. The highest BCUT2D eigenvalue weighted by Gasteiger charge is 2.32. The van der Waals surface area contributed by atoms with Crippen molar-refractivity contribution >= 4 is 47.3 Å². The topological polar surface area (TPSA) is 323 Å². The minimum Gasteiger partial charge on any atom is -0.480 e. The third-order valence-electron chi connectivity index (χ3n) is 4.13. The Morgan fingerprint density at radius 1 is 0.588 bits per heavy atom. The molecule has 0 aliphatic heterocycles. The van der Waals surface area contributed by atoms with Gasteiger partial charge in [0.05, 0.1) is 25.3 Å². The first kappa shape index (κ1) is 29.7. The number of nitrogens with one attached hydrogen (secondary N) is 3. The van der Waals surface area contributed by atoms with Crippen LogP contribution in [-0.4, -0.2) is 76.6 Å². The van der Waals surface area contributed by atoms with Gasteiger partial charge in [-0.25, -0.2) is 4.79 Å². The molecule has 7 amide bonds. The zero-order valence-electron chi connectivity index (χ0n) is 17.9. The van der Waals surface area contributed by atoms with Gasteiger partial charge >= 0.3 is 5.97 Å². The van der Waals surface area contributed by atoms with E-state index < -0.39 is 104 Å². The Kier molecular flexibility index (Phi) is 12.2. The minimum absolute atomic E-state index is 0.408. The number of carbonyl (C=O) groups is 8. The maximum absolute atomic E-state index is 12.7. The van der Waals surface area contributed by atoms with Crippen molar-refractivity contribution < 1.29 is 43.5 Å². The second-order valence-corrected chi connectivity index (χ2v) is 7.14. The van der Waals surface area contributed by atoms with Crippen molar-refractivity contribution in [3.8, 4) is 0 Å². The standard InChI is InChI=1S/C17H28N8O9/c18-6(3-11(20)27)14(30)24-8(4-12(21)28)16(32)23-7(1-2-10(19)26)15(31)25-9(17(33)34)5-13(22)29/h6-9H,1-5,18H2,(H2,19,26)(H2,20,27)(H2,21,28)(H2,22,29)(H,23,32)(H,24,30)(H,25,31)(H,33,34). The third kappa shape index (κ3) is 11.9. The SMILES string of the molecule is NC(=O)CCC(NC(=O)C(CC(N)=O)NC(=O)C(N)CC(N)=O)C(=O)NC(CC(N)=O)C(=O)O. The van der Waals surface area contributed by atoms with E-state index in [4.69, 9.17) is 33.8 Å². The van der Waals surface area contributed by atoms with Crippen molar-refractivity contribution in [3.63, 3.8) is 0 Å². The molecule has 17 heteroatoms. The van der Waals surface area contributed by atoms with Crippen LogP contribution in [0.15, 0.2) is 0 Å². The molecule has 0 bridgehead atoms. The Morgan fingerprint density at radius 3 is 1.44 bits per heavy atom. The normalized spacial score (nSPS) is 13.9. The highest BCUT2D eigenvalue weighted by atomic mass is 16.4. The summed E-state index contributed by atoms with van der Waals surface area (Å²) >= 11 is 0. The zero-order chi connectivity index (χ0) is 26.6. The van der Waals surface area contributed by atoms with E-state index in [1.807, 2.05) is 5.32 Å². The molecule has 0 saturated heterocycles. The third-order valence-corrected chi connectivity index (χ3v) is 4.13. The molecule has 4 atom stereocenters. The summed E-state index contributed by atoms with van der Waals surface area (Å²) in [7, 11) is 0. The Balaban J connectivity index is 5.63. The van der Waals surface area contributed by atoms with Crippen molar-refractivity contribution in [1.29, 1.82) is 0 Å². The van der Waals surface area contributed by atoms with E-state index in [0.29, 0.717) is 0 Å². The molecule has 0 aliphatic rings. The first-order chi connectivity index (χ1) is 15.6. The fourth-order valence-corrected chi connectivity index (χ4v) is 2.50. The van der Waals surface area contributed by atoms with Crippen molar-refractivity contribution in [2.75, 3.05) is 0 Å². The van der Waals surface area contributed by atoms with Gasteiger partial charge in [-0.1, -0.05) is 0 Å². The largest absolute Gasteiger partial charge is 0.480 e. The quantitative estimate of drug-likeness (QED) is 0.0988. The molecule has 0 radical (unpaired) electrons. The lowest BCUT2D eigenvalue weighted by Gasteiger charge is -2.24. The molecule has 0 aromatic carbocycles. The van der Waals surface area contributed by atoms with Crippen LogP contribution in [0.5, 0.6) is 0 Å². The first-order valence-corrected chi connectivity index (χ1v) is 9.66. The van der Waals surface area contributed by atoms with Gasteiger partial charge in [0.2, 0.25) is 41.4 Å². The van der Waals surface area contributed by atoms with Crippen LogP contribution in [0.1, 0.15) is 32.1 Å². The lowest BCUT2D eigenvalue weighted by molar-refractivity contribution is -0.144. The van der Waals surface area contributed by atoms with Gasteiger partial charge in [-0.05, 0) is 6.42 Å². The predicted octanol–water partition coefficient (Wildman–Crippen LogP) is -6.26. The van der Waals surface area contributed by atoms with Crippen LogP contribution < -0.4 is 44.6 Å². The summed E-state index contributed by atoms with van der Waals surface area (Å²) in [5.74, 6) is -8.75. The highest BCUT2D eigenvalue weighted by molar-refractivity contribution is 5.97. The Morgan fingerprint density at radius 2 is 1.00 bits per heavy atom. The van der Waals surface area contributed by atoms with E-state index in [9.17, 15) is 38.4 Å². The van der Waals surface area contributed by atoms with E-state index >= 15 is 0 Å². The van der Waals surface area contributed by atoms with Gasteiger partial charge in [0.15, 0.2) is 0 Å². The van der Waals surface area contributed by atoms with E-state index in [2.05, 4.69) is 10.6 Å². The molecular weight excluding hydrogens is 460 g/mol. The lowest BCUT2D eigenvalue weighted by Crippen LogP contribution is -2.58. The average Bonchev–Trinajstić information content (AvgIpc) is 2.68. The molecule has 190 valence electrons. The molecule has 4 unspecified atom stereocenters. The summed E-state index contributed by atoms with van der Waals surface area (Å²) in [5, 5.41) is 15.3. The van der Waals surface area contributed by atoms with E-state index in [1.54, 1.807) is 0 Å². The van der Waals surface area contributed by atoms with Crippen LogP contribution in [0, 0.1) is 0 Å². The molecule has 0 saturated carbocycles. The molecule has 0 rings (SSSR count). The monoisotopic (exact) mass is 488 g/mol. The molecule has 0 heterocycles. The number of nitrogens with two attached hydrogens (primary N) is 5. The molecule has 0 fully saturated rings. The Hall–Kier alpha value is -4.28. The first-order valence-electron chi connectivity index (χ1n) is 9.66. The molecular formula is C17H28N8O9. The van der Waals surface area contributed by atoms with E-state index in [1.165, 1.54) is 0 Å². The van der Waals surface area contributed by atoms with Crippen LogP contribution in [-0.2, 0) is 38.4 Å². The predicted molar refractivity (Wildman–Crippen MR) is 111 cm³/mol. The number of amides is 7. The van der Waals surface area contributed by atoms with Crippen LogP contribution in [0.25, 0.3) is 0 Å². The van der Waals surface area contributed by atoms with Gasteiger partial charge in [0.25, 0.3) is 0 Å². The second kappa shape index (κ2) is 14.0. The number of hydrogen-bond donors (Lipinski definition) is 9. The summed E-state index contributed by atoms with van der Waals surface area (Å²) in [4.78, 5) is 93.0. The van der Waals surface area contributed by atoms with Crippen LogP contribution in [0.3, 0.4) is 0 Å². The number of carbonyl (C=O) groups excluding carboxylic acids is 7. The number of hydrogen-bond acceptors (Lipinski definition) is 9. The summed E-state index contributed by atoms with van der Waals surface area (Å²) in [5.41, 5.74) is 25.5. The summed E-state index contributed by atoms with van der Waals surface area (Å²) in [6.07, 6.45) is -2.92. The lowest BCUT2D eigenvalue weighted by atomic mass is 10.1. The number of carboxylic acid groups (broad SMARTS) is 1. The van der Waals surface area contributed by atoms with Crippen LogP contribution in [0.2, 0.25) is 0 Å². The number of primary amides is 4. The summed E-state index contributed by atoms with van der Waals surface area (Å²) in [6.45, 7) is 0. The molecule has 0 aromatic heterocycles. The fraction of sp³-hybridized carbons (Fsp3) is 0.529. The smallest absolute Gasteiger partial charge is 0.326 e. The van der Waals surface area contributed by atoms with Crippen molar-refractivity contribution in [2.24, 2.45) is 28.7 Å². The fourth-order valence-electron chi connectivity index (χ4n) is 2.50. The summed E-state index contributed by atoms with van der Waals surface area (Å²) < 4.78 is 0. The zero-order valence-corrected chi connectivity index (χ0v) is 17.9. The Bertz CT molecular complexity index is 847. The van der Waals surface area contributed by atoms with Gasteiger partial charge in [-0.2, -0.15) is 0 Å². The van der Waals surface area contributed by atoms with Gasteiger partial charge < -0.3 is 49.7 Å². The molecule has 0 aliphatic carbocycles. The van der Waals surface area contributed by atoms with E-state index in [-0.39, 0.29) is 0 Å². The van der Waals surface area contributed by atoms with Crippen LogP contribution in [0.4, 0.5) is 0 Å². The van der Waals surface area contributed by atoms with Crippen molar-refractivity contribution in [2.45, 2.75) is 56.3 Å². The van der Waals surface area contributed by atoms with Gasteiger partial charge in [-0.3, -0.25) is 33.6 Å². The highest BCUT2D eigenvalue weighted by Crippen LogP contribution is 2.03. The number of aliphatic carboxylic acids is 1. The molecule has 0 spiro atoms. The Labute approximate surface area is 192 Å². The maximum Gasteiger partial charge on any atom is 0.326 e. The summed E-state index contributed by atoms with van der Waals surface area (Å²) in [6, 6.07) is -6.44. The maximum atomic E-state index is 12.7. The average molecular weight is 488 g/mol. The molecule has 17 nitrogen and oxygen atoms in total. The minimum atomic E-state index is -1.74. The van der Waals surface area contributed by atoms with E-state index in [0.717, 1.165) is 0 Å². The second-order valence-electron chi connectivity index (χ2n) is 7.14. The van der Waals surface area contributed by atoms with Gasteiger partial charge in [0.1, 0.15) is 18.1 Å². The molecule has 14 N–H and O–H groups in total. The van der Waals surface area contributed by atoms with Gasteiger partial charge in [0, 0.05) is 6.42 Å². The van der Waals surface area contributed by atoms with Crippen LogP contribution >= 0.6 is 0 Å². The van der Waals surface area contributed by atoms with Crippen molar-refractivity contribution in [1.82, 2.24) is 16.0 Å². The van der Waals surface area contributed by atoms with Gasteiger partial charge in [-0.15, -0.1) is 0 Å². The number of carboxylic acids is 1. The molecule has 34 heavy (non-hydrogen) atoms. The molecule has 0 aromatic rings. The van der Waals surface area contributed by atoms with Crippen molar-refractivity contribution in [3.05, 3.63) is 0 Å².